The third-order valence-corrected chi connectivity index (χ3v) is 8.07. The van der Waals surface area contributed by atoms with Gasteiger partial charge in [-0.1, -0.05) is 22.6 Å². The lowest BCUT2D eigenvalue weighted by atomic mass is 10.1. The van der Waals surface area contributed by atoms with Crippen LogP contribution in [0.1, 0.15) is 26.2 Å². The molecule has 2 unspecified atom stereocenters. The van der Waals surface area contributed by atoms with Gasteiger partial charge in [0.25, 0.3) is 0 Å². The lowest BCUT2D eigenvalue weighted by Gasteiger charge is -2.36. The summed E-state index contributed by atoms with van der Waals surface area (Å²) in [7, 11) is -7.45. The van der Waals surface area contributed by atoms with Crippen molar-refractivity contribution in [1.82, 2.24) is 4.31 Å². The molecule has 0 radical (unpaired) electrons. The van der Waals surface area contributed by atoms with Crippen molar-refractivity contribution in [2.75, 3.05) is 0 Å². The van der Waals surface area contributed by atoms with Gasteiger partial charge >= 0.3 is 0 Å². The van der Waals surface area contributed by atoms with E-state index in [9.17, 15) is 16.8 Å². The second-order valence-electron chi connectivity index (χ2n) is 5.07. The third-order valence-electron chi connectivity index (χ3n) is 3.50. The summed E-state index contributed by atoms with van der Waals surface area (Å²) in [4.78, 5) is -0.00974. The number of benzene rings is 1. The van der Waals surface area contributed by atoms with Crippen LogP contribution in [0.25, 0.3) is 0 Å². The fourth-order valence-electron chi connectivity index (χ4n) is 2.42. The largest absolute Gasteiger partial charge is 0.244 e. The maximum Gasteiger partial charge on any atom is 0.244 e. The summed E-state index contributed by atoms with van der Waals surface area (Å²) in [6.45, 7) is 1.89. The van der Waals surface area contributed by atoms with E-state index < -0.39 is 20.0 Å². The van der Waals surface area contributed by atoms with Crippen molar-refractivity contribution in [1.29, 1.82) is 0 Å². The van der Waals surface area contributed by atoms with Gasteiger partial charge in [0.15, 0.2) is 0 Å². The molecule has 6 nitrogen and oxygen atoms in total. The van der Waals surface area contributed by atoms with E-state index in [1.807, 2.05) is 6.92 Å². The molecule has 118 valence electrons. The van der Waals surface area contributed by atoms with E-state index in [-0.39, 0.29) is 19.9 Å². The Balaban J connectivity index is 2.40. The smallest absolute Gasteiger partial charge is 0.225 e. The van der Waals surface area contributed by atoms with Crippen molar-refractivity contribution in [3.63, 3.8) is 0 Å². The Morgan fingerprint density at radius 2 is 1.62 bits per heavy atom. The van der Waals surface area contributed by atoms with Crippen molar-refractivity contribution in [3.05, 3.63) is 24.3 Å². The zero-order valence-corrected chi connectivity index (χ0v) is 15.2. The van der Waals surface area contributed by atoms with Crippen LogP contribution in [-0.2, 0) is 20.0 Å². The molecular weight excluding hydrogens is 427 g/mol. The van der Waals surface area contributed by atoms with Gasteiger partial charge in [0.05, 0.1) is 13.8 Å². The molecule has 1 heterocycles. The number of sulfonamides is 2. The van der Waals surface area contributed by atoms with Crippen LogP contribution in [0.3, 0.4) is 0 Å². The quantitative estimate of drug-likeness (QED) is 0.436. The van der Waals surface area contributed by atoms with E-state index in [0.29, 0.717) is 0 Å². The summed E-state index contributed by atoms with van der Waals surface area (Å²) >= 11 is 2.14. The van der Waals surface area contributed by atoms with Gasteiger partial charge in [-0.2, -0.15) is 4.31 Å². The molecule has 1 aliphatic heterocycles. The minimum Gasteiger partial charge on any atom is -0.225 e. The number of rotatable bonds is 3. The first-order valence-electron chi connectivity index (χ1n) is 6.44. The molecule has 0 aromatic heterocycles. The zero-order valence-electron chi connectivity index (χ0n) is 11.4. The summed E-state index contributed by atoms with van der Waals surface area (Å²) in [5.41, 5.74) is 0. The minimum absolute atomic E-state index is 0.0661. The van der Waals surface area contributed by atoms with E-state index in [1.165, 1.54) is 28.6 Å². The number of primary sulfonamides is 1. The van der Waals surface area contributed by atoms with Crippen LogP contribution in [0, 0.1) is 0 Å². The van der Waals surface area contributed by atoms with Crippen LogP contribution in [0.15, 0.2) is 34.1 Å². The molecule has 0 bridgehead atoms. The summed E-state index contributed by atoms with van der Waals surface area (Å²) in [6.07, 6.45) is 2.65. The molecule has 1 aromatic rings. The van der Waals surface area contributed by atoms with Gasteiger partial charge in [0, 0.05) is 6.04 Å². The van der Waals surface area contributed by atoms with Gasteiger partial charge in [-0.3, -0.25) is 0 Å². The van der Waals surface area contributed by atoms with Crippen LogP contribution < -0.4 is 5.14 Å². The maximum atomic E-state index is 12.7. The second-order valence-corrected chi connectivity index (χ2v) is 9.91. The molecule has 9 heteroatoms. The molecule has 0 amide bonds. The molecular formula is C12H17IN2O4S2. The fourth-order valence-corrected chi connectivity index (χ4v) is 6.54. The summed E-state index contributed by atoms with van der Waals surface area (Å²) in [5.74, 6) is 0. The Morgan fingerprint density at radius 1 is 1.10 bits per heavy atom. The number of alkyl halides is 1. The standard InChI is InChI=1S/C12H17IN2O4S2/c1-9-3-2-4-12(13)15(9)21(18,19)11-7-5-10(6-8-11)20(14,16)17/h5-9,12H,2-4H2,1H3,(H2,14,16,17). The topological polar surface area (TPSA) is 97.5 Å². The average Bonchev–Trinajstić information content (AvgIpc) is 2.37. The number of hydrogen-bond acceptors (Lipinski definition) is 4. The van der Waals surface area contributed by atoms with Crippen LogP contribution >= 0.6 is 22.6 Å². The van der Waals surface area contributed by atoms with Gasteiger partial charge in [-0.25, -0.2) is 22.0 Å². The molecule has 2 N–H and O–H groups in total. The predicted octanol–water partition coefficient (Wildman–Crippen LogP) is 1.66. The van der Waals surface area contributed by atoms with Gasteiger partial charge < -0.3 is 0 Å². The van der Waals surface area contributed by atoms with E-state index in [4.69, 9.17) is 5.14 Å². The van der Waals surface area contributed by atoms with E-state index >= 15 is 0 Å². The molecule has 2 rings (SSSR count). The van der Waals surface area contributed by atoms with Crippen LogP contribution in [0.5, 0.6) is 0 Å². The van der Waals surface area contributed by atoms with Crippen molar-refractivity contribution >= 4 is 42.6 Å². The monoisotopic (exact) mass is 444 g/mol. The van der Waals surface area contributed by atoms with Gasteiger partial charge in [0.2, 0.25) is 20.0 Å². The zero-order chi connectivity index (χ0) is 15.8. The minimum atomic E-state index is -3.82. The number of hydrogen-bond donors (Lipinski definition) is 1. The van der Waals surface area contributed by atoms with Crippen molar-refractivity contribution < 1.29 is 16.8 Å². The van der Waals surface area contributed by atoms with E-state index in [0.717, 1.165) is 19.3 Å². The van der Waals surface area contributed by atoms with Crippen molar-refractivity contribution in [3.8, 4) is 0 Å². The predicted molar refractivity (Wildman–Crippen MR) is 88.0 cm³/mol. The molecule has 1 fully saturated rings. The highest BCUT2D eigenvalue weighted by Crippen LogP contribution is 2.32. The Kier molecular flexibility index (Phi) is 4.98. The molecule has 21 heavy (non-hydrogen) atoms. The lowest BCUT2D eigenvalue weighted by molar-refractivity contribution is 0.257. The summed E-state index contributed by atoms with van der Waals surface area (Å²) in [6, 6.07) is 4.96. The molecule has 2 atom stereocenters. The molecule has 1 saturated heterocycles. The summed E-state index contributed by atoms with van der Waals surface area (Å²) < 4.78 is 49.3. The average molecular weight is 444 g/mol. The first-order valence-corrected chi connectivity index (χ1v) is 10.7. The highest BCUT2D eigenvalue weighted by molar-refractivity contribution is 14.1. The highest BCUT2D eigenvalue weighted by atomic mass is 127. The van der Waals surface area contributed by atoms with Crippen LogP contribution in [0.2, 0.25) is 0 Å². The Morgan fingerprint density at radius 3 is 2.10 bits per heavy atom. The lowest BCUT2D eigenvalue weighted by Crippen LogP contribution is -2.45. The molecule has 1 aliphatic rings. The normalized spacial score (nSPS) is 24.9. The second kappa shape index (κ2) is 6.11. The van der Waals surface area contributed by atoms with Crippen LogP contribution in [0.4, 0.5) is 0 Å². The van der Waals surface area contributed by atoms with Crippen LogP contribution in [-0.4, -0.2) is 31.2 Å². The number of nitrogens with zero attached hydrogens (tertiary/aromatic N) is 1. The van der Waals surface area contributed by atoms with E-state index in [1.54, 1.807) is 0 Å². The molecule has 0 aliphatic carbocycles. The molecule has 0 saturated carbocycles. The number of halogens is 1. The van der Waals surface area contributed by atoms with Crippen molar-refractivity contribution in [2.24, 2.45) is 5.14 Å². The van der Waals surface area contributed by atoms with Crippen molar-refractivity contribution in [2.45, 2.75) is 46.1 Å². The Bertz CT molecular complexity index is 706. The number of piperidine rings is 1. The molecule has 1 aromatic carbocycles. The first kappa shape index (κ1) is 17.1. The number of nitrogens with two attached hydrogens (primary N) is 1. The van der Waals surface area contributed by atoms with Gasteiger partial charge in [0.1, 0.15) is 0 Å². The Labute approximate surface area is 138 Å². The Hall–Kier alpha value is -0.230. The third kappa shape index (κ3) is 3.58. The van der Waals surface area contributed by atoms with Gasteiger partial charge in [-0.05, 0) is 50.5 Å². The van der Waals surface area contributed by atoms with Gasteiger partial charge in [-0.15, -0.1) is 0 Å². The molecule has 0 spiro atoms. The maximum absolute atomic E-state index is 12.7. The highest BCUT2D eigenvalue weighted by Gasteiger charge is 2.36. The first-order chi connectivity index (χ1) is 9.64. The van der Waals surface area contributed by atoms with E-state index in [2.05, 4.69) is 22.6 Å². The summed E-state index contributed by atoms with van der Waals surface area (Å²) in [5, 5.41) is 5.01. The fraction of sp³-hybridized carbons (Fsp3) is 0.500. The SMILES string of the molecule is CC1CCCC(I)N1S(=O)(=O)c1ccc(S(N)(=O)=O)cc1.